The van der Waals surface area contributed by atoms with Gasteiger partial charge in [-0.1, -0.05) is 6.92 Å². The Labute approximate surface area is 103 Å². The van der Waals surface area contributed by atoms with Crippen LogP contribution in [0.2, 0.25) is 0 Å². The first-order valence-electron chi connectivity index (χ1n) is 6.12. The molecule has 0 unspecified atom stereocenters. The number of likely N-dealkylation sites (N-methyl/N-ethyl adjacent to an activating group) is 2. The molecule has 17 heavy (non-hydrogen) atoms. The van der Waals surface area contributed by atoms with Crippen molar-refractivity contribution >= 4 is 5.69 Å². The summed E-state index contributed by atoms with van der Waals surface area (Å²) in [5.41, 5.74) is 1.16. The van der Waals surface area contributed by atoms with Crippen LogP contribution in [0.5, 0.6) is 11.5 Å². The van der Waals surface area contributed by atoms with Gasteiger partial charge in [-0.2, -0.15) is 0 Å². The van der Waals surface area contributed by atoms with E-state index in [1.54, 1.807) is 0 Å². The number of benzene rings is 1. The molecule has 1 aromatic carbocycles. The summed E-state index contributed by atoms with van der Waals surface area (Å²) in [7, 11) is 2.09. The summed E-state index contributed by atoms with van der Waals surface area (Å²) in [4.78, 5) is 2.21. The van der Waals surface area contributed by atoms with Gasteiger partial charge in [0.05, 0.1) is 0 Å². The predicted molar refractivity (Wildman–Crippen MR) is 69.2 cm³/mol. The van der Waals surface area contributed by atoms with E-state index >= 15 is 0 Å². The average molecular weight is 236 g/mol. The van der Waals surface area contributed by atoms with Crippen LogP contribution in [0.3, 0.4) is 0 Å². The third-order valence-electron chi connectivity index (χ3n) is 2.84. The maximum absolute atomic E-state index is 5.57. The maximum Gasteiger partial charge on any atom is 0.163 e. The molecule has 1 aliphatic heterocycles. The number of anilines is 1. The van der Waals surface area contributed by atoms with Gasteiger partial charge in [0.1, 0.15) is 13.2 Å². The molecule has 1 N–H and O–H groups in total. The molecule has 0 radical (unpaired) electrons. The zero-order valence-corrected chi connectivity index (χ0v) is 10.5. The molecule has 0 bridgehead atoms. The fourth-order valence-electron chi connectivity index (χ4n) is 1.82. The van der Waals surface area contributed by atoms with E-state index < -0.39 is 0 Å². The summed E-state index contributed by atoms with van der Waals surface area (Å²) < 4.78 is 11.1. The van der Waals surface area contributed by atoms with Crippen LogP contribution in [0, 0.1) is 0 Å². The Bertz CT molecular complexity index is 368. The molecule has 0 aromatic heterocycles. The van der Waals surface area contributed by atoms with Gasteiger partial charge in [-0.15, -0.1) is 0 Å². The Morgan fingerprint density at radius 3 is 2.76 bits per heavy atom. The first kappa shape index (κ1) is 12.0. The van der Waals surface area contributed by atoms with Gasteiger partial charge in [-0.25, -0.2) is 0 Å². The number of nitrogens with one attached hydrogen (secondary N) is 1. The highest BCUT2D eigenvalue weighted by Gasteiger charge is 2.12. The minimum absolute atomic E-state index is 0.636. The van der Waals surface area contributed by atoms with Crippen LogP contribution in [0.1, 0.15) is 6.92 Å². The largest absolute Gasteiger partial charge is 0.486 e. The highest BCUT2D eigenvalue weighted by atomic mass is 16.6. The molecule has 0 spiro atoms. The monoisotopic (exact) mass is 236 g/mol. The molecule has 1 aliphatic rings. The smallest absolute Gasteiger partial charge is 0.163 e. The highest BCUT2D eigenvalue weighted by molar-refractivity contribution is 5.56. The summed E-state index contributed by atoms with van der Waals surface area (Å²) in [5.74, 6) is 1.70. The number of hydrogen-bond donors (Lipinski definition) is 1. The molecule has 2 rings (SSSR count). The fourth-order valence-corrected chi connectivity index (χ4v) is 1.82. The zero-order chi connectivity index (χ0) is 12.1. The quantitative estimate of drug-likeness (QED) is 0.786. The van der Waals surface area contributed by atoms with Crippen LogP contribution in [0.25, 0.3) is 0 Å². The number of fused-ring (bicyclic) bond motifs is 1. The molecule has 0 amide bonds. The highest BCUT2D eigenvalue weighted by Crippen LogP contribution is 2.33. The molecule has 1 aromatic rings. The third kappa shape index (κ3) is 3.03. The second-order valence-electron chi connectivity index (χ2n) is 4.10. The Balaban J connectivity index is 2.00. The fraction of sp³-hybridized carbons (Fsp3) is 0.538. The van der Waals surface area contributed by atoms with Crippen molar-refractivity contribution in [2.45, 2.75) is 6.92 Å². The van der Waals surface area contributed by atoms with E-state index in [1.807, 2.05) is 12.1 Å². The maximum atomic E-state index is 5.57. The van der Waals surface area contributed by atoms with Crippen molar-refractivity contribution in [2.24, 2.45) is 0 Å². The first-order chi connectivity index (χ1) is 8.31. The molecule has 0 saturated carbocycles. The Kier molecular flexibility index (Phi) is 4.09. The Hall–Kier alpha value is -1.42. The lowest BCUT2D eigenvalue weighted by Gasteiger charge is -2.23. The molecule has 0 aliphatic carbocycles. The number of hydrogen-bond acceptors (Lipinski definition) is 4. The zero-order valence-electron chi connectivity index (χ0n) is 10.5. The second kappa shape index (κ2) is 5.77. The predicted octanol–water partition coefficient (Wildman–Crippen LogP) is 1.50. The van der Waals surface area contributed by atoms with Crippen LogP contribution in [-0.2, 0) is 0 Å². The summed E-state index contributed by atoms with van der Waals surface area (Å²) in [5, 5.41) is 3.31. The topological polar surface area (TPSA) is 33.7 Å². The van der Waals surface area contributed by atoms with Gasteiger partial charge in [0.2, 0.25) is 0 Å². The van der Waals surface area contributed by atoms with Crippen molar-refractivity contribution in [2.75, 3.05) is 44.8 Å². The van der Waals surface area contributed by atoms with Crippen molar-refractivity contribution in [3.05, 3.63) is 18.2 Å². The van der Waals surface area contributed by atoms with Crippen LogP contribution < -0.4 is 19.7 Å². The van der Waals surface area contributed by atoms with E-state index in [9.17, 15) is 0 Å². The van der Waals surface area contributed by atoms with Crippen molar-refractivity contribution in [1.29, 1.82) is 0 Å². The lowest BCUT2D eigenvalue weighted by molar-refractivity contribution is 0.171. The molecule has 0 saturated heterocycles. The van der Waals surface area contributed by atoms with Gasteiger partial charge in [-0.05, 0) is 18.7 Å². The minimum atomic E-state index is 0.636. The van der Waals surface area contributed by atoms with E-state index in [-0.39, 0.29) is 0 Å². The molecular formula is C13H20N2O2. The molecular weight excluding hydrogens is 216 g/mol. The van der Waals surface area contributed by atoms with Crippen molar-refractivity contribution in [3.8, 4) is 11.5 Å². The third-order valence-corrected chi connectivity index (χ3v) is 2.84. The lowest BCUT2D eigenvalue weighted by Crippen LogP contribution is -2.29. The van der Waals surface area contributed by atoms with Crippen LogP contribution in [0.15, 0.2) is 18.2 Å². The molecule has 4 heteroatoms. The standard InChI is InChI=1S/C13H20N2O2/c1-3-14-6-7-15(2)11-4-5-12-13(10-11)17-9-8-16-12/h4-5,10,14H,3,6-9H2,1-2H3. The number of ether oxygens (including phenoxy) is 2. The van der Waals surface area contributed by atoms with Gasteiger partial charge in [0.25, 0.3) is 0 Å². The molecule has 0 atom stereocenters. The van der Waals surface area contributed by atoms with Gasteiger partial charge < -0.3 is 19.7 Å². The van der Waals surface area contributed by atoms with Crippen LogP contribution >= 0.6 is 0 Å². The van der Waals surface area contributed by atoms with Gasteiger partial charge in [-0.3, -0.25) is 0 Å². The van der Waals surface area contributed by atoms with Crippen LogP contribution in [0.4, 0.5) is 5.69 Å². The number of nitrogens with zero attached hydrogens (tertiary/aromatic N) is 1. The van der Waals surface area contributed by atoms with Crippen molar-refractivity contribution in [3.63, 3.8) is 0 Å². The molecule has 0 fully saturated rings. The Morgan fingerprint density at radius 1 is 1.24 bits per heavy atom. The second-order valence-corrected chi connectivity index (χ2v) is 4.10. The summed E-state index contributed by atoms with van der Waals surface area (Å²) in [6, 6.07) is 6.09. The van der Waals surface area contributed by atoms with Crippen molar-refractivity contribution < 1.29 is 9.47 Å². The van der Waals surface area contributed by atoms with Crippen molar-refractivity contribution in [1.82, 2.24) is 5.32 Å². The van der Waals surface area contributed by atoms with Gasteiger partial charge >= 0.3 is 0 Å². The first-order valence-corrected chi connectivity index (χ1v) is 6.12. The van der Waals surface area contributed by atoms with E-state index in [0.717, 1.165) is 36.8 Å². The normalized spacial score (nSPS) is 13.5. The summed E-state index contributed by atoms with van der Waals surface area (Å²) >= 11 is 0. The molecule has 4 nitrogen and oxygen atoms in total. The van der Waals surface area contributed by atoms with E-state index in [1.165, 1.54) is 0 Å². The minimum Gasteiger partial charge on any atom is -0.486 e. The average Bonchev–Trinajstić information content (AvgIpc) is 2.38. The number of rotatable bonds is 5. The SMILES string of the molecule is CCNCCN(C)c1ccc2c(c1)OCCO2. The Morgan fingerprint density at radius 2 is 2.00 bits per heavy atom. The molecule has 1 heterocycles. The van der Waals surface area contributed by atoms with Gasteiger partial charge in [0.15, 0.2) is 11.5 Å². The van der Waals surface area contributed by atoms with E-state index in [4.69, 9.17) is 9.47 Å². The van der Waals surface area contributed by atoms with Gasteiger partial charge in [0, 0.05) is 31.9 Å². The summed E-state index contributed by atoms with van der Waals surface area (Å²) in [6.45, 7) is 6.37. The van der Waals surface area contributed by atoms with Crippen LogP contribution in [-0.4, -0.2) is 39.9 Å². The lowest BCUT2D eigenvalue weighted by atomic mass is 10.2. The molecule has 94 valence electrons. The van der Waals surface area contributed by atoms with E-state index in [2.05, 4.69) is 30.3 Å². The summed E-state index contributed by atoms with van der Waals surface area (Å²) in [6.07, 6.45) is 0. The van der Waals surface area contributed by atoms with E-state index in [0.29, 0.717) is 13.2 Å².